The Hall–Kier alpha value is -2.24. The number of benzene rings is 1. The lowest BCUT2D eigenvalue weighted by Gasteiger charge is -2.28. The zero-order chi connectivity index (χ0) is 23.0. The quantitative estimate of drug-likeness (QED) is 0.255. The van der Waals surface area contributed by atoms with Crippen molar-refractivity contribution in [1.82, 2.24) is 15.5 Å². The van der Waals surface area contributed by atoms with Crippen molar-refractivity contribution in [3.8, 4) is 0 Å². The van der Waals surface area contributed by atoms with Crippen molar-refractivity contribution in [1.29, 1.82) is 0 Å². The molecule has 1 heterocycles. The largest absolute Gasteiger partial charge is 0.480 e. The van der Waals surface area contributed by atoms with E-state index in [-0.39, 0.29) is 17.4 Å². The highest BCUT2D eigenvalue weighted by molar-refractivity contribution is 7.80. The van der Waals surface area contributed by atoms with Crippen LogP contribution in [-0.2, 0) is 25.6 Å². The van der Waals surface area contributed by atoms with Crippen LogP contribution in [0.3, 0.4) is 0 Å². The minimum absolute atomic E-state index is 0.0370. The molecule has 4 atom stereocenters. The van der Waals surface area contributed by atoms with Crippen LogP contribution in [0.25, 0.3) is 0 Å². The summed E-state index contributed by atoms with van der Waals surface area (Å²) >= 11 is 7.98. The third-order valence-corrected chi connectivity index (χ3v) is 5.80. The monoisotopic (exact) mass is 468 g/mol. The number of hydrogen-bond acceptors (Lipinski definition) is 7. The number of thiol groups is 2. The van der Waals surface area contributed by atoms with E-state index in [0.717, 1.165) is 5.56 Å². The first kappa shape index (κ1) is 25.0. The Bertz CT molecular complexity index is 795. The van der Waals surface area contributed by atoms with E-state index in [1.165, 1.54) is 4.90 Å². The van der Waals surface area contributed by atoms with Crippen molar-refractivity contribution in [2.45, 2.75) is 43.4 Å². The number of nitrogens with one attached hydrogen (secondary N) is 2. The van der Waals surface area contributed by atoms with E-state index < -0.39 is 42.0 Å². The zero-order valence-electron chi connectivity index (χ0n) is 16.9. The van der Waals surface area contributed by atoms with E-state index in [2.05, 4.69) is 35.9 Å². The highest BCUT2D eigenvalue weighted by Crippen LogP contribution is 2.19. The van der Waals surface area contributed by atoms with Gasteiger partial charge in [-0.05, 0) is 24.8 Å². The van der Waals surface area contributed by atoms with Crippen molar-refractivity contribution in [2.75, 3.05) is 18.1 Å². The van der Waals surface area contributed by atoms with Gasteiger partial charge in [-0.3, -0.25) is 14.4 Å². The van der Waals surface area contributed by atoms with Gasteiger partial charge in [-0.1, -0.05) is 30.3 Å². The SMILES string of the molecule is NC(Cc1ccccc1)C(=O)N1CCCC1C(=O)NC(CS)C(=O)NC(CS)C(=O)O. The topological polar surface area (TPSA) is 142 Å². The van der Waals surface area contributed by atoms with Crippen molar-refractivity contribution >= 4 is 48.9 Å². The van der Waals surface area contributed by atoms with Gasteiger partial charge in [-0.15, -0.1) is 0 Å². The van der Waals surface area contributed by atoms with Gasteiger partial charge in [-0.25, -0.2) is 4.79 Å². The first-order chi connectivity index (χ1) is 14.8. The van der Waals surface area contributed by atoms with Crippen LogP contribution in [0.5, 0.6) is 0 Å². The number of amides is 3. The number of rotatable bonds is 10. The molecule has 0 aromatic heterocycles. The number of nitrogens with zero attached hydrogens (tertiary/aromatic N) is 1. The summed E-state index contributed by atoms with van der Waals surface area (Å²) in [5, 5.41) is 13.9. The average molecular weight is 469 g/mol. The third-order valence-electron chi connectivity index (χ3n) is 5.07. The van der Waals surface area contributed by atoms with Crippen LogP contribution < -0.4 is 16.4 Å². The Morgan fingerprint density at radius 2 is 1.74 bits per heavy atom. The molecular formula is C20H28N4O5S2. The van der Waals surface area contributed by atoms with Crippen LogP contribution in [0, 0.1) is 0 Å². The Morgan fingerprint density at radius 3 is 2.32 bits per heavy atom. The number of likely N-dealkylation sites (tertiary alicyclic amines) is 1. The fraction of sp³-hybridized carbons (Fsp3) is 0.500. The second kappa shape index (κ2) is 12.0. The fourth-order valence-electron chi connectivity index (χ4n) is 3.39. The molecule has 9 nitrogen and oxygen atoms in total. The molecular weight excluding hydrogens is 440 g/mol. The molecule has 1 aliphatic heterocycles. The van der Waals surface area contributed by atoms with Crippen molar-refractivity contribution in [2.24, 2.45) is 5.73 Å². The van der Waals surface area contributed by atoms with E-state index in [9.17, 15) is 19.2 Å². The molecule has 0 spiro atoms. The standard InChI is InChI=1S/C20H28N4O5S2/c21-13(9-12-5-2-1-3-6-12)19(27)24-8-4-7-16(24)18(26)22-14(10-30)17(25)23-15(11-31)20(28)29/h1-3,5-6,13-16,30-31H,4,7-11,21H2,(H,22,26)(H,23,25)(H,28,29). The Kier molecular flexibility index (Phi) is 9.66. The van der Waals surface area contributed by atoms with Gasteiger partial charge in [0.05, 0.1) is 6.04 Å². The molecule has 3 amide bonds. The fourth-order valence-corrected chi connectivity index (χ4v) is 3.90. The lowest BCUT2D eigenvalue weighted by molar-refractivity contribution is -0.142. The van der Waals surface area contributed by atoms with Crippen LogP contribution in [0.2, 0.25) is 0 Å². The predicted octanol–water partition coefficient (Wildman–Crippen LogP) is -0.539. The molecule has 170 valence electrons. The van der Waals surface area contributed by atoms with Gasteiger partial charge >= 0.3 is 5.97 Å². The van der Waals surface area contributed by atoms with Crippen LogP contribution in [0.15, 0.2) is 30.3 Å². The second-order valence-electron chi connectivity index (χ2n) is 7.31. The summed E-state index contributed by atoms with van der Waals surface area (Å²) in [5.41, 5.74) is 7.03. The van der Waals surface area contributed by atoms with E-state index in [0.29, 0.717) is 25.8 Å². The minimum Gasteiger partial charge on any atom is -0.480 e. The molecule has 0 bridgehead atoms. The first-order valence-electron chi connectivity index (χ1n) is 9.93. The number of nitrogens with two attached hydrogens (primary N) is 1. The molecule has 0 aliphatic carbocycles. The van der Waals surface area contributed by atoms with Gasteiger partial charge in [0, 0.05) is 18.1 Å². The van der Waals surface area contributed by atoms with Crippen molar-refractivity contribution in [3.63, 3.8) is 0 Å². The van der Waals surface area contributed by atoms with Gasteiger partial charge in [0.15, 0.2) is 0 Å². The molecule has 1 aliphatic rings. The zero-order valence-corrected chi connectivity index (χ0v) is 18.7. The average Bonchev–Trinajstić information content (AvgIpc) is 3.25. The van der Waals surface area contributed by atoms with E-state index in [4.69, 9.17) is 10.8 Å². The van der Waals surface area contributed by atoms with Crippen LogP contribution in [-0.4, -0.2) is 75.9 Å². The highest BCUT2D eigenvalue weighted by Gasteiger charge is 2.37. The Labute approximate surface area is 191 Å². The summed E-state index contributed by atoms with van der Waals surface area (Å²) in [6, 6.07) is 5.60. The van der Waals surface area contributed by atoms with Gasteiger partial charge in [-0.2, -0.15) is 25.3 Å². The summed E-state index contributed by atoms with van der Waals surface area (Å²) in [6.45, 7) is 0.401. The van der Waals surface area contributed by atoms with Gasteiger partial charge in [0.1, 0.15) is 18.1 Å². The number of aliphatic carboxylic acids is 1. The lowest BCUT2D eigenvalue weighted by atomic mass is 10.1. The normalized spacial score (nSPS) is 18.7. The Balaban J connectivity index is 1.99. The molecule has 4 unspecified atom stereocenters. The molecule has 31 heavy (non-hydrogen) atoms. The van der Waals surface area contributed by atoms with Crippen LogP contribution in [0.1, 0.15) is 18.4 Å². The number of hydrogen-bond donors (Lipinski definition) is 6. The maximum absolute atomic E-state index is 12.9. The number of carbonyl (C=O) groups is 4. The predicted molar refractivity (Wildman–Crippen MR) is 122 cm³/mol. The summed E-state index contributed by atoms with van der Waals surface area (Å²) in [5.74, 6) is -2.86. The maximum Gasteiger partial charge on any atom is 0.327 e. The summed E-state index contributed by atoms with van der Waals surface area (Å²) in [7, 11) is 0. The van der Waals surface area contributed by atoms with E-state index in [1.807, 2.05) is 30.3 Å². The smallest absolute Gasteiger partial charge is 0.327 e. The van der Waals surface area contributed by atoms with E-state index >= 15 is 0 Å². The summed E-state index contributed by atoms with van der Waals surface area (Å²) < 4.78 is 0. The second-order valence-corrected chi connectivity index (χ2v) is 8.04. The Morgan fingerprint density at radius 1 is 1.10 bits per heavy atom. The summed E-state index contributed by atoms with van der Waals surface area (Å²) in [6.07, 6.45) is 1.44. The number of carboxylic acids is 1. The molecule has 1 aromatic carbocycles. The molecule has 1 aromatic rings. The molecule has 5 N–H and O–H groups in total. The highest BCUT2D eigenvalue weighted by atomic mass is 32.1. The van der Waals surface area contributed by atoms with Crippen LogP contribution in [0.4, 0.5) is 0 Å². The molecule has 1 fully saturated rings. The van der Waals surface area contributed by atoms with E-state index in [1.54, 1.807) is 0 Å². The number of carbonyl (C=O) groups excluding carboxylic acids is 3. The first-order valence-corrected chi connectivity index (χ1v) is 11.2. The minimum atomic E-state index is -1.23. The lowest BCUT2D eigenvalue weighted by Crippen LogP contribution is -2.57. The molecule has 11 heteroatoms. The van der Waals surface area contributed by atoms with Crippen molar-refractivity contribution < 1.29 is 24.3 Å². The van der Waals surface area contributed by atoms with Crippen molar-refractivity contribution in [3.05, 3.63) is 35.9 Å². The van der Waals surface area contributed by atoms with Gasteiger partial charge in [0.2, 0.25) is 17.7 Å². The molecule has 0 saturated carbocycles. The molecule has 2 rings (SSSR count). The third kappa shape index (κ3) is 6.88. The molecule has 0 radical (unpaired) electrons. The van der Waals surface area contributed by atoms with Gasteiger partial charge < -0.3 is 26.4 Å². The van der Waals surface area contributed by atoms with Crippen LogP contribution >= 0.6 is 25.3 Å². The molecule has 1 saturated heterocycles. The maximum atomic E-state index is 12.9. The summed E-state index contributed by atoms with van der Waals surface area (Å²) in [4.78, 5) is 50.6. The number of carboxylic acid groups (broad SMARTS) is 1. The van der Waals surface area contributed by atoms with Gasteiger partial charge in [0.25, 0.3) is 0 Å².